The van der Waals surface area contributed by atoms with Crippen molar-refractivity contribution in [1.82, 2.24) is 5.32 Å². The predicted octanol–water partition coefficient (Wildman–Crippen LogP) is 3.56. The van der Waals surface area contributed by atoms with Gasteiger partial charge >= 0.3 is 0 Å². The molecule has 0 radical (unpaired) electrons. The van der Waals surface area contributed by atoms with Crippen LogP contribution in [0.2, 0.25) is 0 Å². The van der Waals surface area contributed by atoms with Gasteiger partial charge in [0.25, 0.3) is 0 Å². The predicted molar refractivity (Wildman–Crippen MR) is 80.2 cm³/mol. The van der Waals surface area contributed by atoms with Crippen molar-refractivity contribution in [2.45, 2.75) is 38.3 Å². The molecule has 0 bridgehead atoms. The van der Waals surface area contributed by atoms with Crippen molar-refractivity contribution < 1.29 is 4.74 Å². The summed E-state index contributed by atoms with van der Waals surface area (Å²) in [6, 6.07) is 8.74. The summed E-state index contributed by atoms with van der Waals surface area (Å²) in [5.41, 5.74) is 1.35. The van der Waals surface area contributed by atoms with Crippen LogP contribution in [-0.2, 0) is 11.3 Å². The Morgan fingerprint density at radius 1 is 1.28 bits per heavy atom. The lowest BCUT2D eigenvalue weighted by Crippen LogP contribution is -2.18. The van der Waals surface area contributed by atoms with Gasteiger partial charge in [0.1, 0.15) is 0 Å². The summed E-state index contributed by atoms with van der Waals surface area (Å²) in [6.07, 6.45) is 0.303. The second-order valence-corrected chi connectivity index (χ2v) is 6.12. The minimum atomic E-state index is 0.303. The standard InChI is InChI=1S/C15H25NOS/c1-12(2)9-16-10-14-6-5-7-15(8-14)18-11-13(3)17-4/h5-8,12-13,16H,9-11H2,1-4H3. The molecule has 0 saturated heterocycles. The van der Waals surface area contributed by atoms with Gasteiger partial charge in [0, 0.05) is 24.3 Å². The molecule has 0 fully saturated rings. The van der Waals surface area contributed by atoms with Crippen molar-refractivity contribution >= 4 is 11.8 Å². The maximum Gasteiger partial charge on any atom is 0.0637 e. The second kappa shape index (κ2) is 8.57. The van der Waals surface area contributed by atoms with E-state index < -0.39 is 0 Å². The first-order valence-corrected chi connectivity index (χ1v) is 7.55. The average molecular weight is 267 g/mol. The molecule has 1 aromatic carbocycles. The summed E-state index contributed by atoms with van der Waals surface area (Å²) in [6.45, 7) is 8.57. The molecule has 3 heteroatoms. The quantitative estimate of drug-likeness (QED) is 0.728. The van der Waals surface area contributed by atoms with Crippen molar-refractivity contribution in [2.24, 2.45) is 5.92 Å². The normalized spacial score (nSPS) is 12.9. The molecule has 1 rings (SSSR count). The fourth-order valence-corrected chi connectivity index (χ4v) is 2.50. The van der Waals surface area contributed by atoms with E-state index in [1.165, 1.54) is 10.5 Å². The summed E-state index contributed by atoms with van der Waals surface area (Å²) < 4.78 is 5.26. The van der Waals surface area contributed by atoms with Gasteiger partial charge in [-0.3, -0.25) is 0 Å². The molecule has 0 aromatic heterocycles. The lowest BCUT2D eigenvalue weighted by molar-refractivity contribution is 0.138. The monoisotopic (exact) mass is 267 g/mol. The Labute approximate surface area is 116 Å². The Morgan fingerprint density at radius 2 is 2.06 bits per heavy atom. The lowest BCUT2D eigenvalue weighted by atomic mass is 10.2. The third-order valence-corrected chi connectivity index (χ3v) is 3.89. The number of ether oxygens (including phenoxy) is 1. The molecule has 0 amide bonds. The summed E-state index contributed by atoms with van der Waals surface area (Å²) in [5.74, 6) is 1.70. The van der Waals surface area contributed by atoms with E-state index in [0.717, 1.165) is 18.8 Å². The fraction of sp³-hybridized carbons (Fsp3) is 0.600. The zero-order valence-electron chi connectivity index (χ0n) is 11.9. The third-order valence-electron chi connectivity index (χ3n) is 2.67. The van der Waals surface area contributed by atoms with Crippen molar-refractivity contribution in [2.75, 3.05) is 19.4 Å². The molecular formula is C15H25NOS. The van der Waals surface area contributed by atoms with Gasteiger partial charge in [-0.15, -0.1) is 11.8 Å². The number of hydrogen-bond donors (Lipinski definition) is 1. The van der Waals surface area contributed by atoms with Gasteiger partial charge in [0.2, 0.25) is 0 Å². The lowest BCUT2D eigenvalue weighted by Gasteiger charge is -2.10. The fourth-order valence-electron chi connectivity index (χ4n) is 1.53. The maximum atomic E-state index is 5.26. The van der Waals surface area contributed by atoms with E-state index in [9.17, 15) is 0 Å². The van der Waals surface area contributed by atoms with Gasteiger partial charge in [-0.25, -0.2) is 0 Å². The van der Waals surface area contributed by atoms with E-state index in [0.29, 0.717) is 12.0 Å². The molecule has 1 unspecified atom stereocenters. The first kappa shape index (κ1) is 15.5. The van der Waals surface area contributed by atoms with Gasteiger partial charge in [0.05, 0.1) is 6.10 Å². The van der Waals surface area contributed by atoms with Gasteiger partial charge in [-0.05, 0) is 37.1 Å². The van der Waals surface area contributed by atoms with Crippen molar-refractivity contribution in [1.29, 1.82) is 0 Å². The minimum Gasteiger partial charge on any atom is -0.381 e. The van der Waals surface area contributed by atoms with Crippen molar-refractivity contribution in [3.05, 3.63) is 29.8 Å². The second-order valence-electron chi connectivity index (χ2n) is 5.03. The zero-order valence-corrected chi connectivity index (χ0v) is 12.7. The van der Waals surface area contributed by atoms with E-state index in [1.807, 2.05) is 11.8 Å². The van der Waals surface area contributed by atoms with Crippen LogP contribution in [0, 0.1) is 5.92 Å². The number of thioether (sulfide) groups is 1. The van der Waals surface area contributed by atoms with Crippen molar-refractivity contribution in [3.63, 3.8) is 0 Å². The molecule has 0 spiro atoms. The van der Waals surface area contributed by atoms with E-state index in [1.54, 1.807) is 7.11 Å². The van der Waals surface area contributed by atoms with Crippen LogP contribution < -0.4 is 5.32 Å². The van der Waals surface area contributed by atoms with Gasteiger partial charge in [-0.1, -0.05) is 26.0 Å². The van der Waals surface area contributed by atoms with E-state index in [2.05, 4.69) is 50.4 Å². The molecule has 18 heavy (non-hydrogen) atoms. The van der Waals surface area contributed by atoms with E-state index in [4.69, 9.17) is 4.74 Å². The highest BCUT2D eigenvalue weighted by atomic mass is 32.2. The first-order valence-electron chi connectivity index (χ1n) is 6.57. The Kier molecular flexibility index (Phi) is 7.40. The molecule has 0 aliphatic heterocycles. The molecular weight excluding hydrogens is 242 g/mol. The Morgan fingerprint density at radius 3 is 2.72 bits per heavy atom. The highest BCUT2D eigenvalue weighted by Gasteiger charge is 2.02. The molecule has 0 aliphatic carbocycles. The molecule has 102 valence electrons. The molecule has 1 atom stereocenters. The van der Waals surface area contributed by atoms with Gasteiger partial charge in [-0.2, -0.15) is 0 Å². The largest absolute Gasteiger partial charge is 0.381 e. The van der Waals surface area contributed by atoms with Crippen LogP contribution in [0.15, 0.2) is 29.2 Å². The summed E-state index contributed by atoms with van der Waals surface area (Å²) in [4.78, 5) is 1.32. The molecule has 2 nitrogen and oxygen atoms in total. The molecule has 1 N–H and O–H groups in total. The van der Waals surface area contributed by atoms with E-state index >= 15 is 0 Å². The van der Waals surface area contributed by atoms with Crippen LogP contribution in [0.1, 0.15) is 26.3 Å². The smallest absolute Gasteiger partial charge is 0.0637 e. The number of benzene rings is 1. The highest BCUT2D eigenvalue weighted by molar-refractivity contribution is 7.99. The van der Waals surface area contributed by atoms with Crippen LogP contribution >= 0.6 is 11.8 Å². The van der Waals surface area contributed by atoms with Gasteiger partial charge < -0.3 is 10.1 Å². The van der Waals surface area contributed by atoms with Crippen LogP contribution in [0.3, 0.4) is 0 Å². The van der Waals surface area contributed by atoms with Crippen LogP contribution in [0.5, 0.6) is 0 Å². The van der Waals surface area contributed by atoms with Crippen LogP contribution in [0.25, 0.3) is 0 Å². The number of hydrogen-bond acceptors (Lipinski definition) is 3. The Balaban J connectivity index is 2.41. The summed E-state index contributed by atoms with van der Waals surface area (Å²) in [5, 5.41) is 3.47. The Hall–Kier alpha value is -0.510. The zero-order chi connectivity index (χ0) is 13.4. The molecule has 0 aliphatic rings. The first-order chi connectivity index (χ1) is 8.61. The van der Waals surface area contributed by atoms with Crippen LogP contribution in [-0.4, -0.2) is 25.5 Å². The average Bonchev–Trinajstić information content (AvgIpc) is 2.36. The summed E-state index contributed by atoms with van der Waals surface area (Å²) in [7, 11) is 1.76. The number of methoxy groups -OCH3 is 1. The molecule has 0 saturated carbocycles. The van der Waals surface area contributed by atoms with Gasteiger partial charge in [0.15, 0.2) is 0 Å². The highest BCUT2D eigenvalue weighted by Crippen LogP contribution is 2.20. The third kappa shape index (κ3) is 6.43. The van der Waals surface area contributed by atoms with Crippen molar-refractivity contribution in [3.8, 4) is 0 Å². The number of rotatable bonds is 8. The summed E-state index contributed by atoms with van der Waals surface area (Å²) >= 11 is 1.85. The Bertz CT molecular complexity index is 341. The number of nitrogens with one attached hydrogen (secondary N) is 1. The topological polar surface area (TPSA) is 21.3 Å². The molecule has 1 aromatic rings. The van der Waals surface area contributed by atoms with E-state index in [-0.39, 0.29) is 0 Å². The maximum absolute atomic E-state index is 5.26. The SMILES string of the molecule is COC(C)CSc1cccc(CNCC(C)C)c1. The van der Waals surface area contributed by atoms with Crippen LogP contribution in [0.4, 0.5) is 0 Å². The minimum absolute atomic E-state index is 0.303. The molecule has 0 heterocycles.